The predicted octanol–water partition coefficient (Wildman–Crippen LogP) is 3.65. The van der Waals surface area contributed by atoms with Crippen LogP contribution in [0.25, 0.3) is 0 Å². The van der Waals surface area contributed by atoms with E-state index in [4.69, 9.17) is 0 Å². The summed E-state index contributed by atoms with van der Waals surface area (Å²) in [6.07, 6.45) is 3.83. The molecule has 0 unspecified atom stereocenters. The first-order valence-electron chi connectivity index (χ1n) is 4.73. The summed E-state index contributed by atoms with van der Waals surface area (Å²) >= 11 is 0. The monoisotopic (exact) mass is 166 g/mol. The Morgan fingerprint density at radius 1 is 1.17 bits per heavy atom. The molecule has 0 aromatic carbocycles. The third-order valence-corrected chi connectivity index (χ3v) is 0.951. The van der Waals surface area contributed by atoms with Gasteiger partial charge in [0, 0.05) is 0 Å². The van der Waals surface area contributed by atoms with Crippen molar-refractivity contribution in [2.45, 2.75) is 41.5 Å². The van der Waals surface area contributed by atoms with Crippen molar-refractivity contribution in [1.82, 2.24) is 0 Å². The average Bonchev–Trinajstić information content (AvgIpc) is 2.20. The van der Waals surface area contributed by atoms with Crippen molar-refractivity contribution in [3.63, 3.8) is 0 Å². The Morgan fingerprint density at radius 3 is 1.83 bits per heavy atom. The quantitative estimate of drug-likeness (QED) is 0.549. The van der Waals surface area contributed by atoms with Gasteiger partial charge >= 0.3 is 50.9 Å². The molecule has 70 valence electrons. The van der Waals surface area contributed by atoms with E-state index in [0.29, 0.717) is 0 Å². The van der Waals surface area contributed by atoms with Crippen LogP contribution < -0.4 is 0 Å². The van der Waals surface area contributed by atoms with Gasteiger partial charge in [-0.05, 0) is 0 Å². The minimum atomic E-state index is 1.27. The molecule has 0 amide bonds. The van der Waals surface area contributed by atoms with Gasteiger partial charge in [-0.15, -0.1) is 0 Å². The summed E-state index contributed by atoms with van der Waals surface area (Å²) < 4.78 is 0. The van der Waals surface area contributed by atoms with Gasteiger partial charge in [0.05, 0.1) is 0 Å². The zero-order valence-electron chi connectivity index (χ0n) is 9.52. The summed E-state index contributed by atoms with van der Waals surface area (Å²) in [6, 6.07) is 0. The fourth-order valence-electron chi connectivity index (χ4n) is 0.316. The van der Waals surface area contributed by atoms with Crippen molar-refractivity contribution in [2.24, 2.45) is 0 Å². The topological polar surface area (TPSA) is 0 Å². The van der Waals surface area contributed by atoms with Gasteiger partial charge in [0.25, 0.3) is 0 Å². The number of rotatable bonds is 2. The van der Waals surface area contributed by atoms with E-state index in [1.54, 1.807) is 6.08 Å². The standard InChI is InChI=1S/C7H11B.2C2H6/c1-4-6-8-7(3)5-2;2*1-2/h4-6H,1H2,2-3H3;2*1-2H3/b7-5-;;. The van der Waals surface area contributed by atoms with E-state index in [9.17, 15) is 0 Å². The Morgan fingerprint density at radius 2 is 1.58 bits per heavy atom. The molecule has 0 saturated heterocycles. The van der Waals surface area contributed by atoms with Crippen molar-refractivity contribution in [3.05, 3.63) is 24.2 Å². The number of allylic oxidation sites excluding steroid dienone is 3. The van der Waals surface area contributed by atoms with Gasteiger partial charge in [0.2, 0.25) is 0 Å². The van der Waals surface area contributed by atoms with Crippen molar-refractivity contribution in [3.8, 4) is 0 Å². The Labute approximate surface area is 79.3 Å². The fraction of sp³-hybridized carbons (Fsp3) is 0.545. The van der Waals surface area contributed by atoms with Gasteiger partial charge < -0.3 is 0 Å². The minimum Gasteiger partial charge on any atom is -0.0683 e. The van der Waals surface area contributed by atoms with E-state index in [1.807, 2.05) is 47.5 Å². The first-order chi connectivity index (χ1) is 5.81. The van der Waals surface area contributed by atoms with E-state index in [2.05, 4.69) is 19.6 Å². The molecule has 0 saturated carbocycles. The molecule has 0 aromatic rings. The normalized spacial score (nSPS) is 8.67. The molecule has 0 aromatic heterocycles. The first kappa shape index (κ1) is 17.5. The summed E-state index contributed by atoms with van der Waals surface area (Å²) in [5.41, 5.74) is 1.27. The van der Waals surface area contributed by atoms with Gasteiger partial charge in [-0.3, -0.25) is 0 Å². The Kier molecular flexibility index (Phi) is 32.7. The maximum atomic E-state index is 3.55. The third-order valence-electron chi connectivity index (χ3n) is 0.951. The van der Waals surface area contributed by atoms with Crippen LogP contribution >= 0.6 is 0 Å². The Balaban J connectivity index is -0.000000175. The van der Waals surface area contributed by atoms with E-state index in [-0.39, 0.29) is 0 Å². The zero-order chi connectivity index (χ0) is 10.4. The molecule has 0 spiro atoms. The third kappa shape index (κ3) is 22.7. The molecule has 0 heterocycles. The molecule has 0 aliphatic heterocycles. The maximum absolute atomic E-state index is 3.55. The van der Waals surface area contributed by atoms with Crippen molar-refractivity contribution in [2.75, 3.05) is 0 Å². The molecule has 0 N–H and O–H groups in total. The maximum Gasteiger partial charge on any atom is -0.0683 e. The second-order valence-electron chi connectivity index (χ2n) is 1.63. The van der Waals surface area contributed by atoms with Crippen LogP contribution in [0.3, 0.4) is 0 Å². The molecule has 0 aliphatic carbocycles. The molecule has 1 heteroatoms. The fourth-order valence-corrected chi connectivity index (χ4v) is 0.316. The zero-order valence-corrected chi connectivity index (χ0v) is 9.52. The minimum absolute atomic E-state index is 1.27. The number of hydrogen-bond donors (Lipinski definition) is 0. The van der Waals surface area contributed by atoms with Gasteiger partial charge in [0.15, 0.2) is 0 Å². The molecule has 0 atom stereocenters. The van der Waals surface area contributed by atoms with E-state index < -0.39 is 0 Å². The van der Waals surface area contributed by atoms with Crippen LogP contribution in [0.2, 0.25) is 0 Å². The molecule has 0 rings (SSSR count). The summed E-state index contributed by atoms with van der Waals surface area (Å²) in [5, 5.41) is 0. The van der Waals surface area contributed by atoms with Crippen LogP contribution in [0.15, 0.2) is 24.2 Å². The van der Waals surface area contributed by atoms with Crippen LogP contribution in [0.4, 0.5) is 0 Å². The van der Waals surface area contributed by atoms with Crippen molar-refractivity contribution >= 4 is 12.9 Å². The molecule has 0 aliphatic rings. The molecule has 0 radical (unpaired) electrons. The Bertz CT molecular complexity index is 121. The SMILES string of the molecule is C=CC=B/C(C)=C\C.CC.CC. The average molecular weight is 166 g/mol. The van der Waals surface area contributed by atoms with Gasteiger partial charge in [-0.25, -0.2) is 0 Å². The van der Waals surface area contributed by atoms with Crippen LogP contribution in [0, 0.1) is 0 Å². The van der Waals surface area contributed by atoms with Gasteiger partial charge in [0.1, 0.15) is 0 Å². The Hall–Kier alpha value is -0.585. The molecule has 0 nitrogen and oxygen atoms in total. The van der Waals surface area contributed by atoms with Crippen molar-refractivity contribution in [1.29, 1.82) is 0 Å². The molecular formula is C11H23B. The van der Waals surface area contributed by atoms with Crippen LogP contribution in [-0.4, -0.2) is 12.9 Å². The summed E-state index contributed by atoms with van der Waals surface area (Å²) in [7, 11) is 0. The smallest absolute Gasteiger partial charge is 0.0683 e. The molecule has 0 bridgehead atoms. The first-order valence-corrected chi connectivity index (χ1v) is 4.73. The van der Waals surface area contributed by atoms with E-state index >= 15 is 0 Å². The molecule has 12 heavy (non-hydrogen) atoms. The second-order valence-corrected chi connectivity index (χ2v) is 1.63. The molecular weight excluding hydrogens is 143 g/mol. The van der Waals surface area contributed by atoms with Crippen LogP contribution in [0.5, 0.6) is 0 Å². The molecule has 0 fully saturated rings. The largest absolute Gasteiger partial charge is 0.0683 e. The summed E-state index contributed by atoms with van der Waals surface area (Å²) in [4.78, 5) is 0. The van der Waals surface area contributed by atoms with E-state index in [1.165, 1.54) is 5.47 Å². The van der Waals surface area contributed by atoms with Gasteiger partial charge in [-0.2, -0.15) is 0 Å². The van der Waals surface area contributed by atoms with E-state index in [0.717, 1.165) is 0 Å². The van der Waals surface area contributed by atoms with Crippen LogP contribution in [0.1, 0.15) is 41.5 Å². The second kappa shape index (κ2) is 22.4. The summed E-state index contributed by atoms with van der Waals surface area (Å²) in [5.74, 6) is 1.93. The summed E-state index contributed by atoms with van der Waals surface area (Å²) in [6.45, 7) is 17.6. The van der Waals surface area contributed by atoms with Gasteiger partial charge in [-0.1, -0.05) is 27.7 Å². The predicted molar refractivity (Wildman–Crippen MR) is 64.1 cm³/mol. The van der Waals surface area contributed by atoms with Crippen LogP contribution in [-0.2, 0) is 0 Å². The van der Waals surface area contributed by atoms with Crippen molar-refractivity contribution < 1.29 is 0 Å². The number of hydrogen-bond acceptors (Lipinski definition) is 0.